The number of para-hydroxylation sites is 2. The molecule has 4 rings (SSSR count). The average Bonchev–Trinajstić information content (AvgIpc) is 3.11. The molecule has 3 aromatic carbocycles. The molecule has 1 heterocycles. The van der Waals surface area contributed by atoms with Gasteiger partial charge in [-0.25, -0.2) is 19.2 Å². The number of rotatable bonds is 7. The predicted molar refractivity (Wildman–Crippen MR) is 124 cm³/mol. The van der Waals surface area contributed by atoms with Crippen LogP contribution in [0.3, 0.4) is 0 Å². The van der Waals surface area contributed by atoms with Gasteiger partial charge >= 0.3 is 6.03 Å². The maximum Gasteiger partial charge on any atom is 0.329 e. The summed E-state index contributed by atoms with van der Waals surface area (Å²) in [6.07, 6.45) is 0. The lowest BCUT2D eigenvalue weighted by molar-refractivity contribution is 0.191. The number of nitrogens with one attached hydrogen (secondary N) is 2. The number of nitrogens with zero attached hydrogens (tertiary/aromatic N) is 3. The van der Waals surface area contributed by atoms with Crippen molar-refractivity contribution in [1.29, 1.82) is 0 Å². The monoisotopic (exact) mass is 451 g/mol. The van der Waals surface area contributed by atoms with Gasteiger partial charge in [0.05, 0.1) is 17.6 Å². The number of aromatic nitrogens is 2. The molecule has 2 amide bonds. The van der Waals surface area contributed by atoms with Gasteiger partial charge in [-0.15, -0.1) is 0 Å². The minimum absolute atomic E-state index is 0.267. The summed E-state index contributed by atoms with van der Waals surface area (Å²) in [5.74, 6) is 0.514. The van der Waals surface area contributed by atoms with E-state index in [0.717, 1.165) is 28.0 Å². The van der Waals surface area contributed by atoms with Crippen LogP contribution in [0.4, 0.5) is 9.18 Å². The van der Waals surface area contributed by atoms with Crippen LogP contribution in [0.5, 0.6) is 0 Å². The summed E-state index contributed by atoms with van der Waals surface area (Å²) in [6.45, 7) is 1.25. The normalized spacial score (nSPS) is 11.1. The molecule has 0 aliphatic carbocycles. The summed E-state index contributed by atoms with van der Waals surface area (Å²) in [4.78, 5) is 17.1. The molecule has 4 aromatic rings. The number of hydrogen-bond donors (Lipinski definition) is 2. The number of carbonyl (C=O) groups is 1. The van der Waals surface area contributed by atoms with Crippen LogP contribution < -0.4 is 10.7 Å². The van der Waals surface area contributed by atoms with Crippen LogP contribution in [0.2, 0.25) is 5.02 Å². The highest BCUT2D eigenvalue weighted by Crippen LogP contribution is 2.19. The molecule has 0 aliphatic heterocycles. The molecular weight excluding hydrogens is 429 g/mol. The van der Waals surface area contributed by atoms with Gasteiger partial charge in [0.1, 0.15) is 11.6 Å². The number of fused-ring (bicyclic) bond motifs is 1. The van der Waals surface area contributed by atoms with E-state index < -0.39 is 0 Å². The van der Waals surface area contributed by atoms with Crippen molar-refractivity contribution in [1.82, 2.24) is 25.3 Å². The highest BCUT2D eigenvalue weighted by atomic mass is 35.5. The van der Waals surface area contributed by atoms with Crippen molar-refractivity contribution in [3.8, 4) is 0 Å². The molecule has 2 N–H and O–H groups in total. The van der Waals surface area contributed by atoms with Crippen molar-refractivity contribution >= 4 is 28.7 Å². The van der Waals surface area contributed by atoms with Crippen molar-refractivity contribution in [3.05, 3.63) is 101 Å². The van der Waals surface area contributed by atoms with Crippen molar-refractivity contribution in [2.24, 2.45) is 0 Å². The SMILES string of the molecule is CN(Cc1nc2ccccc2n1Cc1ccc(F)cc1)NC(=O)NCc1ccccc1Cl. The molecule has 0 unspecified atom stereocenters. The highest BCUT2D eigenvalue weighted by Gasteiger charge is 2.14. The fraction of sp³-hybridized carbons (Fsp3) is 0.167. The van der Waals surface area contributed by atoms with Gasteiger partial charge in [-0.3, -0.25) is 5.43 Å². The zero-order valence-corrected chi connectivity index (χ0v) is 18.3. The first-order chi connectivity index (χ1) is 15.5. The Bertz CT molecular complexity index is 1220. The molecule has 0 saturated carbocycles. The minimum atomic E-state index is -0.339. The van der Waals surface area contributed by atoms with E-state index >= 15 is 0 Å². The molecule has 0 radical (unpaired) electrons. The van der Waals surface area contributed by atoms with Gasteiger partial charge < -0.3 is 9.88 Å². The van der Waals surface area contributed by atoms with Crippen molar-refractivity contribution < 1.29 is 9.18 Å². The Morgan fingerprint density at radius 3 is 2.56 bits per heavy atom. The number of imidazole rings is 1. The van der Waals surface area contributed by atoms with E-state index in [1.165, 1.54) is 12.1 Å². The van der Waals surface area contributed by atoms with Gasteiger partial charge in [-0.2, -0.15) is 0 Å². The van der Waals surface area contributed by atoms with Crippen molar-refractivity contribution in [3.63, 3.8) is 0 Å². The van der Waals surface area contributed by atoms with E-state index in [9.17, 15) is 9.18 Å². The Hall–Kier alpha value is -3.42. The Kier molecular flexibility index (Phi) is 6.68. The van der Waals surface area contributed by atoms with Crippen molar-refractivity contribution in [2.75, 3.05) is 7.05 Å². The summed E-state index contributed by atoms with van der Waals surface area (Å²) >= 11 is 6.14. The molecule has 32 heavy (non-hydrogen) atoms. The lowest BCUT2D eigenvalue weighted by Gasteiger charge is -2.19. The van der Waals surface area contributed by atoms with Gasteiger partial charge in [0.15, 0.2) is 0 Å². The highest BCUT2D eigenvalue weighted by molar-refractivity contribution is 6.31. The molecule has 164 valence electrons. The average molecular weight is 452 g/mol. The van der Waals surface area contributed by atoms with E-state index in [1.807, 2.05) is 42.5 Å². The third-order valence-electron chi connectivity index (χ3n) is 5.06. The number of hydrazine groups is 1. The smallest absolute Gasteiger partial charge is 0.329 e. The summed E-state index contributed by atoms with van der Waals surface area (Å²) < 4.78 is 15.4. The Labute approximate surface area is 190 Å². The van der Waals surface area contributed by atoms with Crippen LogP contribution in [0.15, 0.2) is 72.8 Å². The van der Waals surface area contributed by atoms with Gasteiger partial charge in [0.2, 0.25) is 0 Å². The number of carbonyl (C=O) groups excluding carboxylic acids is 1. The maximum atomic E-state index is 13.3. The lowest BCUT2D eigenvalue weighted by Crippen LogP contribution is -2.45. The Morgan fingerprint density at radius 1 is 1.06 bits per heavy atom. The third kappa shape index (κ3) is 5.25. The largest absolute Gasteiger partial charge is 0.333 e. The van der Waals surface area contributed by atoms with E-state index in [1.54, 1.807) is 30.3 Å². The molecule has 0 aliphatic rings. The molecule has 0 saturated heterocycles. The maximum absolute atomic E-state index is 13.3. The van der Waals surface area contributed by atoms with E-state index in [2.05, 4.69) is 15.3 Å². The number of amides is 2. The number of benzene rings is 3. The molecule has 6 nitrogen and oxygen atoms in total. The lowest BCUT2D eigenvalue weighted by atomic mass is 10.2. The van der Waals surface area contributed by atoms with Crippen LogP contribution in [-0.4, -0.2) is 27.6 Å². The summed E-state index contributed by atoms with van der Waals surface area (Å²) in [5, 5.41) is 5.08. The standard InChI is InChI=1S/C24H23ClFN5O/c1-30(29-24(32)27-14-18-6-2-3-7-20(18)25)16-23-28-21-8-4-5-9-22(21)31(23)15-17-10-12-19(26)13-11-17/h2-13H,14-16H2,1H3,(H2,27,29,32). The Balaban J connectivity index is 1.45. The molecule has 8 heteroatoms. The molecule has 1 aromatic heterocycles. The quantitative estimate of drug-likeness (QED) is 0.399. The molecule has 0 atom stereocenters. The van der Waals surface area contributed by atoms with Gasteiger partial charge in [0, 0.05) is 25.2 Å². The molecule has 0 spiro atoms. The minimum Gasteiger partial charge on any atom is -0.333 e. The van der Waals surface area contributed by atoms with Crippen LogP contribution in [0, 0.1) is 5.82 Å². The third-order valence-corrected chi connectivity index (χ3v) is 5.42. The second-order valence-electron chi connectivity index (χ2n) is 7.47. The van der Waals surface area contributed by atoms with Gasteiger partial charge in [-0.1, -0.05) is 54.1 Å². The zero-order valence-electron chi connectivity index (χ0n) is 17.6. The molecular formula is C24H23ClFN5O. The fourth-order valence-corrected chi connectivity index (χ4v) is 3.68. The predicted octanol–water partition coefficient (Wildman–Crippen LogP) is 4.72. The van der Waals surface area contributed by atoms with E-state index in [0.29, 0.717) is 24.7 Å². The second kappa shape index (κ2) is 9.80. The van der Waals surface area contributed by atoms with Crippen LogP contribution in [0.1, 0.15) is 17.0 Å². The van der Waals surface area contributed by atoms with E-state index in [-0.39, 0.29) is 11.8 Å². The van der Waals surface area contributed by atoms with Gasteiger partial charge in [0.25, 0.3) is 0 Å². The van der Waals surface area contributed by atoms with Gasteiger partial charge in [-0.05, 0) is 41.5 Å². The summed E-state index contributed by atoms with van der Waals surface area (Å²) in [6, 6.07) is 21.3. The van der Waals surface area contributed by atoms with Crippen LogP contribution in [-0.2, 0) is 19.6 Å². The Morgan fingerprint density at radius 2 is 1.78 bits per heavy atom. The zero-order chi connectivity index (χ0) is 22.5. The van der Waals surface area contributed by atoms with Crippen LogP contribution >= 0.6 is 11.6 Å². The van der Waals surface area contributed by atoms with E-state index in [4.69, 9.17) is 16.6 Å². The first kappa shape index (κ1) is 21.8. The fourth-order valence-electron chi connectivity index (χ4n) is 3.48. The first-order valence-electron chi connectivity index (χ1n) is 10.2. The summed E-state index contributed by atoms with van der Waals surface area (Å²) in [7, 11) is 1.77. The molecule has 0 fully saturated rings. The second-order valence-corrected chi connectivity index (χ2v) is 7.88. The van der Waals surface area contributed by atoms with Crippen LogP contribution in [0.25, 0.3) is 11.0 Å². The summed E-state index contributed by atoms with van der Waals surface area (Å²) in [5.41, 5.74) is 6.44. The number of hydrogen-bond acceptors (Lipinski definition) is 3. The number of urea groups is 1. The molecule has 0 bridgehead atoms. The topological polar surface area (TPSA) is 62.2 Å². The number of halogens is 2. The van der Waals surface area contributed by atoms with Crippen molar-refractivity contribution in [2.45, 2.75) is 19.6 Å². The first-order valence-corrected chi connectivity index (χ1v) is 10.5.